The van der Waals surface area contributed by atoms with Crippen molar-refractivity contribution in [2.75, 3.05) is 13.2 Å². The lowest BCUT2D eigenvalue weighted by Gasteiger charge is -2.32. The highest BCUT2D eigenvalue weighted by Crippen LogP contribution is 2.34. The highest BCUT2D eigenvalue weighted by Gasteiger charge is 2.38. The molecule has 5 nitrogen and oxygen atoms in total. The zero-order valence-electron chi connectivity index (χ0n) is 17.8. The van der Waals surface area contributed by atoms with Crippen LogP contribution in [0.15, 0.2) is 48.5 Å². The quantitative estimate of drug-likeness (QED) is 0.505. The molecule has 0 aliphatic carbocycles. The third-order valence-electron chi connectivity index (χ3n) is 5.60. The lowest BCUT2D eigenvalue weighted by Crippen LogP contribution is -2.42. The van der Waals surface area contributed by atoms with Crippen LogP contribution in [-0.2, 0) is 11.3 Å². The first-order chi connectivity index (χ1) is 14.3. The zero-order chi connectivity index (χ0) is 21.3. The predicted octanol–water partition coefficient (Wildman–Crippen LogP) is 5.27. The summed E-state index contributed by atoms with van der Waals surface area (Å²) >= 11 is 6.18. The van der Waals surface area contributed by atoms with Crippen molar-refractivity contribution < 1.29 is 9.53 Å². The van der Waals surface area contributed by atoms with Crippen LogP contribution in [0.1, 0.15) is 45.4 Å². The highest BCUT2D eigenvalue weighted by molar-refractivity contribution is 6.32. The molecule has 0 bridgehead atoms. The highest BCUT2D eigenvalue weighted by atomic mass is 35.5. The maximum Gasteiger partial charge on any atom is 0.223 e. The van der Waals surface area contributed by atoms with E-state index in [1.807, 2.05) is 47.4 Å². The summed E-state index contributed by atoms with van der Waals surface area (Å²) < 4.78 is 8.12. The van der Waals surface area contributed by atoms with Gasteiger partial charge >= 0.3 is 0 Å². The van der Waals surface area contributed by atoms with E-state index in [4.69, 9.17) is 21.3 Å². The maximum atomic E-state index is 12.6. The minimum absolute atomic E-state index is 0.105. The van der Waals surface area contributed by atoms with Crippen LogP contribution in [0.2, 0.25) is 5.02 Å². The molecule has 2 aromatic carbocycles. The molecular formula is C24H28ClN3O2. The molecule has 0 radical (unpaired) electrons. The topological polar surface area (TPSA) is 47.4 Å². The van der Waals surface area contributed by atoms with Gasteiger partial charge in [0.25, 0.3) is 0 Å². The number of amides is 1. The van der Waals surface area contributed by atoms with E-state index in [0.717, 1.165) is 29.8 Å². The molecule has 1 atom stereocenters. The minimum Gasteiger partial charge on any atom is -0.492 e. The molecule has 1 aliphatic rings. The number of halogens is 1. The Morgan fingerprint density at radius 3 is 2.60 bits per heavy atom. The third kappa shape index (κ3) is 4.17. The SMILES string of the molecule is CC(C)(C)N1C[C@@H](c2nc3ccccc3n2CCCOc2ccccc2Cl)CC1=O. The van der Waals surface area contributed by atoms with Crippen LogP contribution >= 0.6 is 11.6 Å². The van der Waals surface area contributed by atoms with E-state index in [1.54, 1.807) is 0 Å². The molecular weight excluding hydrogens is 398 g/mol. The summed E-state index contributed by atoms with van der Waals surface area (Å²) in [6.07, 6.45) is 1.33. The Bertz CT molecular complexity index is 1050. The molecule has 4 rings (SSSR count). The van der Waals surface area contributed by atoms with Crippen molar-refractivity contribution in [1.82, 2.24) is 14.5 Å². The van der Waals surface area contributed by atoms with E-state index in [0.29, 0.717) is 30.3 Å². The Morgan fingerprint density at radius 2 is 1.87 bits per heavy atom. The number of aryl methyl sites for hydroxylation is 1. The molecule has 0 unspecified atom stereocenters. The number of para-hydroxylation sites is 3. The van der Waals surface area contributed by atoms with Gasteiger partial charge in [-0.1, -0.05) is 35.9 Å². The number of hydrogen-bond acceptors (Lipinski definition) is 3. The summed E-state index contributed by atoms with van der Waals surface area (Å²) in [7, 11) is 0. The summed E-state index contributed by atoms with van der Waals surface area (Å²) in [5.41, 5.74) is 1.90. The van der Waals surface area contributed by atoms with E-state index in [2.05, 4.69) is 31.4 Å². The zero-order valence-corrected chi connectivity index (χ0v) is 18.5. The van der Waals surface area contributed by atoms with Crippen molar-refractivity contribution in [2.45, 2.75) is 51.6 Å². The predicted molar refractivity (Wildman–Crippen MR) is 120 cm³/mol. The fourth-order valence-corrected chi connectivity index (χ4v) is 4.33. The van der Waals surface area contributed by atoms with Crippen LogP contribution in [-0.4, -0.2) is 39.0 Å². The second-order valence-electron chi connectivity index (χ2n) is 8.82. The van der Waals surface area contributed by atoms with E-state index in [-0.39, 0.29) is 17.4 Å². The molecule has 0 saturated carbocycles. The van der Waals surface area contributed by atoms with Gasteiger partial charge in [0.15, 0.2) is 0 Å². The second kappa shape index (κ2) is 8.31. The molecule has 0 N–H and O–H groups in total. The van der Waals surface area contributed by atoms with Crippen molar-refractivity contribution in [3.05, 3.63) is 59.4 Å². The van der Waals surface area contributed by atoms with E-state index in [1.165, 1.54) is 0 Å². The van der Waals surface area contributed by atoms with Gasteiger partial charge in [0.05, 0.1) is 22.7 Å². The van der Waals surface area contributed by atoms with Crippen LogP contribution in [0.5, 0.6) is 5.75 Å². The van der Waals surface area contributed by atoms with Crippen LogP contribution < -0.4 is 4.74 Å². The second-order valence-corrected chi connectivity index (χ2v) is 9.23. The normalized spacial score (nSPS) is 17.1. The number of benzene rings is 2. The Labute approximate surface area is 182 Å². The summed E-state index contributed by atoms with van der Waals surface area (Å²) in [6, 6.07) is 15.7. The number of carbonyl (C=O) groups excluding carboxylic acids is 1. The van der Waals surface area contributed by atoms with Crippen molar-refractivity contribution in [1.29, 1.82) is 0 Å². The first-order valence-corrected chi connectivity index (χ1v) is 10.9. The molecule has 1 aromatic heterocycles. The van der Waals surface area contributed by atoms with Crippen LogP contribution in [0, 0.1) is 0 Å². The van der Waals surface area contributed by atoms with E-state index < -0.39 is 0 Å². The Balaban J connectivity index is 1.52. The summed E-state index contributed by atoms with van der Waals surface area (Å²) in [6.45, 7) is 8.31. The molecule has 1 fully saturated rings. The first kappa shape index (κ1) is 20.7. The lowest BCUT2D eigenvalue weighted by molar-refractivity contribution is -0.131. The molecule has 6 heteroatoms. The number of imidazole rings is 1. The van der Waals surface area contributed by atoms with Gasteiger partial charge < -0.3 is 14.2 Å². The lowest BCUT2D eigenvalue weighted by atomic mass is 10.1. The molecule has 2 heterocycles. The third-order valence-corrected chi connectivity index (χ3v) is 5.92. The molecule has 1 saturated heterocycles. The Morgan fingerprint density at radius 1 is 1.13 bits per heavy atom. The van der Waals surface area contributed by atoms with Gasteiger partial charge in [-0.2, -0.15) is 0 Å². The van der Waals surface area contributed by atoms with Gasteiger partial charge in [0.1, 0.15) is 11.6 Å². The average Bonchev–Trinajstić information content (AvgIpc) is 3.27. The molecule has 30 heavy (non-hydrogen) atoms. The average molecular weight is 426 g/mol. The van der Waals surface area contributed by atoms with Crippen molar-refractivity contribution >= 4 is 28.5 Å². The van der Waals surface area contributed by atoms with Crippen LogP contribution in [0.4, 0.5) is 0 Å². The molecule has 1 amide bonds. The molecule has 3 aromatic rings. The van der Waals surface area contributed by atoms with Crippen LogP contribution in [0.3, 0.4) is 0 Å². The number of rotatable bonds is 6. The largest absolute Gasteiger partial charge is 0.492 e. The monoisotopic (exact) mass is 425 g/mol. The van der Waals surface area contributed by atoms with Crippen molar-refractivity contribution in [2.24, 2.45) is 0 Å². The number of fused-ring (bicyclic) bond motifs is 1. The van der Waals surface area contributed by atoms with Gasteiger partial charge in [0.2, 0.25) is 5.91 Å². The minimum atomic E-state index is -0.175. The van der Waals surface area contributed by atoms with Gasteiger partial charge in [-0.15, -0.1) is 0 Å². The number of nitrogens with zero attached hydrogens (tertiary/aromatic N) is 3. The first-order valence-electron chi connectivity index (χ1n) is 10.5. The Kier molecular flexibility index (Phi) is 5.74. The molecule has 158 valence electrons. The number of aromatic nitrogens is 2. The number of hydrogen-bond donors (Lipinski definition) is 0. The summed E-state index contributed by atoms with van der Waals surface area (Å²) in [4.78, 5) is 19.5. The van der Waals surface area contributed by atoms with Gasteiger partial charge in [0, 0.05) is 31.0 Å². The molecule has 1 aliphatic heterocycles. The number of likely N-dealkylation sites (tertiary alicyclic amines) is 1. The maximum absolute atomic E-state index is 12.6. The van der Waals surface area contributed by atoms with Crippen LogP contribution in [0.25, 0.3) is 11.0 Å². The van der Waals surface area contributed by atoms with Crippen molar-refractivity contribution in [3.63, 3.8) is 0 Å². The Hall–Kier alpha value is -2.53. The fourth-order valence-electron chi connectivity index (χ4n) is 4.14. The van der Waals surface area contributed by atoms with Gasteiger partial charge in [-0.3, -0.25) is 4.79 Å². The number of carbonyl (C=O) groups is 1. The summed E-state index contributed by atoms with van der Waals surface area (Å²) in [5, 5.41) is 0.623. The number of ether oxygens (including phenoxy) is 1. The summed E-state index contributed by atoms with van der Waals surface area (Å²) in [5.74, 6) is 2.01. The van der Waals surface area contributed by atoms with E-state index in [9.17, 15) is 4.79 Å². The van der Waals surface area contributed by atoms with Crippen molar-refractivity contribution in [3.8, 4) is 5.75 Å². The molecule has 0 spiro atoms. The standard InChI is InChI=1S/C24H28ClN3O2/c1-24(2,3)28-16-17(15-22(28)29)23-26-19-10-5-6-11-20(19)27(23)13-8-14-30-21-12-7-4-9-18(21)25/h4-7,9-12,17H,8,13-16H2,1-3H3/t17-/m0/s1. The van der Waals surface area contributed by atoms with Gasteiger partial charge in [-0.25, -0.2) is 4.98 Å². The smallest absolute Gasteiger partial charge is 0.223 e. The van der Waals surface area contributed by atoms with Gasteiger partial charge in [-0.05, 0) is 51.5 Å². The fraction of sp³-hybridized carbons (Fsp3) is 0.417. The van der Waals surface area contributed by atoms with E-state index >= 15 is 0 Å².